The van der Waals surface area contributed by atoms with Crippen LogP contribution in [-0.2, 0) is 0 Å². The fourth-order valence-corrected chi connectivity index (χ4v) is 2.48. The molecule has 1 aromatic carbocycles. The van der Waals surface area contributed by atoms with Crippen molar-refractivity contribution in [3.05, 3.63) is 51.9 Å². The Bertz CT molecular complexity index is 686. The number of aromatic amines is 1. The molecule has 84 valence electrons. The Kier molecular flexibility index (Phi) is 2.63. The average Bonchev–Trinajstić information content (AvgIpc) is 2.79. The van der Waals surface area contributed by atoms with E-state index in [0.717, 1.165) is 11.0 Å². The zero-order valence-corrected chi connectivity index (χ0v) is 11.5. The molecule has 0 aliphatic carbocycles. The van der Waals surface area contributed by atoms with Gasteiger partial charge in [0.05, 0.1) is 0 Å². The van der Waals surface area contributed by atoms with Crippen molar-refractivity contribution < 1.29 is 0 Å². The zero-order valence-electron chi connectivity index (χ0n) is 9.37. The molecule has 0 saturated heterocycles. The summed E-state index contributed by atoms with van der Waals surface area (Å²) in [5.41, 5.74) is 4.65. The number of rotatable bonds is 1. The van der Waals surface area contributed by atoms with Gasteiger partial charge in [0.1, 0.15) is 5.65 Å². The van der Waals surface area contributed by atoms with Crippen LogP contribution in [0, 0.1) is 10.5 Å². The molecular weight excluding hydrogens is 323 g/mol. The molecule has 2 nitrogen and oxygen atoms in total. The van der Waals surface area contributed by atoms with Crippen LogP contribution >= 0.6 is 22.6 Å². The van der Waals surface area contributed by atoms with Crippen molar-refractivity contribution in [2.24, 2.45) is 0 Å². The van der Waals surface area contributed by atoms with Gasteiger partial charge >= 0.3 is 0 Å². The first kappa shape index (κ1) is 10.8. The molecule has 3 aromatic rings. The summed E-state index contributed by atoms with van der Waals surface area (Å²) in [5, 5.41) is 1.15. The monoisotopic (exact) mass is 334 g/mol. The van der Waals surface area contributed by atoms with Gasteiger partial charge in [-0.15, -0.1) is 0 Å². The third-order valence-electron chi connectivity index (χ3n) is 2.91. The molecule has 0 saturated carbocycles. The van der Waals surface area contributed by atoms with Crippen molar-refractivity contribution in [1.29, 1.82) is 0 Å². The van der Waals surface area contributed by atoms with Crippen molar-refractivity contribution >= 4 is 33.6 Å². The van der Waals surface area contributed by atoms with Crippen LogP contribution in [0.1, 0.15) is 5.56 Å². The summed E-state index contributed by atoms with van der Waals surface area (Å²) in [5.74, 6) is 0. The predicted molar refractivity (Wildman–Crippen MR) is 79.0 cm³/mol. The van der Waals surface area contributed by atoms with Gasteiger partial charge in [-0.2, -0.15) is 0 Å². The largest absolute Gasteiger partial charge is 0.346 e. The summed E-state index contributed by atoms with van der Waals surface area (Å²) < 4.78 is 1.25. The van der Waals surface area contributed by atoms with E-state index in [0.29, 0.717) is 0 Å². The second kappa shape index (κ2) is 4.14. The summed E-state index contributed by atoms with van der Waals surface area (Å²) in [7, 11) is 0. The Labute approximate surface area is 113 Å². The summed E-state index contributed by atoms with van der Waals surface area (Å²) in [4.78, 5) is 7.54. The van der Waals surface area contributed by atoms with Crippen molar-refractivity contribution in [3.8, 4) is 11.1 Å². The normalized spacial score (nSPS) is 10.9. The lowest BCUT2D eigenvalue weighted by molar-refractivity contribution is 1.32. The lowest BCUT2D eigenvalue weighted by Crippen LogP contribution is -1.86. The van der Waals surface area contributed by atoms with Gasteiger partial charge in [-0.25, -0.2) is 4.98 Å². The van der Waals surface area contributed by atoms with Crippen LogP contribution in [0.4, 0.5) is 0 Å². The summed E-state index contributed by atoms with van der Waals surface area (Å²) in [6.45, 7) is 2.13. The summed E-state index contributed by atoms with van der Waals surface area (Å²) in [6.07, 6.45) is 3.85. The number of aryl methyl sites for hydroxylation is 1. The quantitative estimate of drug-likeness (QED) is 0.666. The Morgan fingerprint density at radius 1 is 1.18 bits per heavy atom. The number of benzene rings is 1. The number of fused-ring (bicyclic) bond motifs is 1. The van der Waals surface area contributed by atoms with Crippen LogP contribution in [0.15, 0.2) is 42.7 Å². The Hall–Kier alpha value is -1.36. The van der Waals surface area contributed by atoms with Crippen LogP contribution in [-0.4, -0.2) is 9.97 Å². The highest BCUT2D eigenvalue weighted by molar-refractivity contribution is 14.1. The molecule has 3 rings (SSSR count). The number of H-pyrrole nitrogens is 1. The lowest BCUT2D eigenvalue weighted by atomic mass is 10.0. The SMILES string of the molecule is Cc1ccc(I)cc1-c1cnc2[nH]ccc2c1. The van der Waals surface area contributed by atoms with Crippen molar-refractivity contribution in [2.45, 2.75) is 6.92 Å². The fraction of sp³-hybridized carbons (Fsp3) is 0.0714. The van der Waals surface area contributed by atoms with Crippen LogP contribution in [0.3, 0.4) is 0 Å². The van der Waals surface area contributed by atoms with Gasteiger partial charge in [-0.3, -0.25) is 0 Å². The second-order valence-electron chi connectivity index (χ2n) is 4.10. The Balaban J connectivity index is 2.22. The van der Waals surface area contributed by atoms with E-state index in [1.54, 1.807) is 0 Å². The molecule has 0 unspecified atom stereocenters. The van der Waals surface area contributed by atoms with Crippen LogP contribution in [0.25, 0.3) is 22.2 Å². The number of aromatic nitrogens is 2. The first-order chi connectivity index (χ1) is 8.24. The minimum Gasteiger partial charge on any atom is -0.346 e. The van der Waals surface area contributed by atoms with Crippen molar-refractivity contribution in [2.75, 3.05) is 0 Å². The summed E-state index contributed by atoms with van der Waals surface area (Å²) >= 11 is 2.34. The maximum absolute atomic E-state index is 4.43. The van der Waals surface area contributed by atoms with E-state index in [2.05, 4.69) is 69.8 Å². The molecule has 0 fully saturated rings. The summed E-state index contributed by atoms with van der Waals surface area (Å²) in [6, 6.07) is 10.7. The third-order valence-corrected chi connectivity index (χ3v) is 3.58. The Morgan fingerprint density at radius 3 is 2.94 bits per heavy atom. The van der Waals surface area contributed by atoms with E-state index in [1.165, 1.54) is 20.3 Å². The molecule has 0 radical (unpaired) electrons. The molecule has 0 aliphatic rings. The molecule has 0 atom stereocenters. The van der Waals surface area contributed by atoms with Gasteiger partial charge in [0.2, 0.25) is 0 Å². The molecule has 0 aliphatic heterocycles. The highest BCUT2D eigenvalue weighted by atomic mass is 127. The molecule has 2 heterocycles. The number of nitrogens with one attached hydrogen (secondary N) is 1. The maximum atomic E-state index is 4.43. The molecule has 3 heteroatoms. The van der Waals surface area contributed by atoms with Crippen LogP contribution in [0.2, 0.25) is 0 Å². The standard InChI is InChI=1S/C14H11IN2/c1-9-2-3-12(15)7-13(9)11-6-10-4-5-16-14(10)17-8-11/h2-8H,1H3,(H,16,17). The highest BCUT2D eigenvalue weighted by Crippen LogP contribution is 2.26. The van der Waals surface area contributed by atoms with Gasteiger partial charge in [0, 0.05) is 26.9 Å². The molecule has 1 N–H and O–H groups in total. The number of nitrogens with zero attached hydrogens (tertiary/aromatic N) is 1. The lowest BCUT2D eigenvalue weighted by Gasteiger charge is -2.06. The van der Waals surface area contributed by atoms with E-state index in [4.69, 9.17) is 0 Å². The van der Waals surface area contributed by atoms with Crippen molar-refractivity contribution in [1.82, 2.24) is 9.97 Å². The van der Waals surface area contributed by atoms with Crippen LogP contribution < -0.4 is 0 Å². The second-order valence-corrected chi connectivity index (χ2v) is 5.34. The number of pyridine rings is 1. The first-order valence-corrected chi connectivity index (χ1v) is 6.51. The molecule has 0 bridgehead atoms. The van der Waals surface area contributed by atoms with Gasteiger partial charge in [-0.05, 0) is 64.9 Å². The first-order valence-electron chi connectivity index (χ1n) is 5.44. The van der Waals surface area contributed by atoms with E-state index < -0.39 is 0 Å². The van der Waals surface area contributed by atoms with Crippen molar-refractivity contribution in [3.63, 3.8) is 0 Å². The van der Waals surface area contributed by atoms with E-state index in [-0.39, 0.29) is 0 Å². The van der Waals surface area contributed by atoms with Gasteiger partial charge in [0.15, 0.2) is 0 Å². The zero-order chi connectivity index (χ0) is 11.8. The van der Waals surface area contributed by atoms with Crippen LogP contribution in [0.5, 0.6) is 0 Å². The number of hydrogen-bond donors (Lipinski definition) is 1. The van der Waals surface area contributed by atoms with E-state index in [9.17, 15) is 0 Å². The van der Waals surface area contributed by atoms with E-state index >= 15 is 0 Å². The third kappa shape index (κ3) is 1.95. The fourth-order valence-electron chi connectivity index (χ4n) is 1.99. The average molecular weight is 334 g/mol. The maximum Gasteiger partial charge on any atom is 0.137 e. The molecule has 17 heavy (non-hydrogen) atoms. The highest BCUT2D eigenvalue weighted by Gasteiger charge is 2.05. The predicted octanol–water partition coefficient (Wildman–Crippen LogP) is 4.14. The molecule has 2 aromatic heterocycles. The van der Waals surface area contributed by atoms with Gasteiger partial charge < -0.3 is 4.98 Å². The Morgan fingerprint density at radius 2 is 2.06 bits per heavy atom. The molecular formula is C14H11IN2. The number of halogens is 1. The molecule has 0 amide bonds. The minimum absolute atomic E-state index is 0.942. The van der Waals surface area contributed by atoms with E-state index in [1.807, 2.05) is 12.4 Å². The number of hydrogen-bond acceptors (Lipinski definition) is 1. The topological polar surface area (TPSA) is 28.7 Å². The smallest absolute Gasteiger partial charge is 0.137 e. The van der Waals surface area contributed by atoms with Gasteiger partial charge in [0.25, 0.3) is 0 Å². The molecule has 0 spiro atoms. The van der Waals surface area contributed by atoms with Gasteiger partial charge in [-0.1, -0.05) is 6.07 Å². The minimum atomic E-state index is 0.942.